The highest BCUT2D eigenvalue weighted by Crippen LogP contribution is 2.34. The first kappa shape index (κ1) is 13.7. The number of nitrogens with one attached hydrogen (secondary N) is 1. The summed E-state index contributed by atoms with van der Waals surface area (Å²) in [4.78, 5) is 14.1. The molecule has 2 aromatic carbocycles. The molecule has 1 atom stereocenters. The van der Waals surface area contributed by atoms with Crippen LogP contribution in [0.4, 0.5) is 5.69 Å². The van der Waals surface area contributed by atoms with Crippen LogP contribution in [0.15, 0.2) is 36.4 Å². The smallest absolute Gasteiger partial charge is 0.255 e. The van der Waals surface area contributed by atoms with Crippen molar-refractivity contribution < 1.29 is 4.79 Å². The quantitative estimate of drug-likeness (QED) is 0.907. The van der Waals surface area contributed by atoms with E-state index < -0.39 is 0 Å². The zero-order chi connectivity index (χ0) is 15.1. The third-order valence-electron chi connectivity index (χ3n) is 4.54. The average Bonchev–Trinajstić information content (AvgIpc) is 2.73. The normalized spacial score (nSPS) is 17.0. The summed E-state index contributed by atoms with van der Waals surface area (Å²) in [6, 6.07) is 12.0. The van der Waals surface area contributed by atoms with Crippen LogP contribution in [0, 0.1) is 20.8 Å². The fourth-order valence-corrected chi connectivity index (χ4v) is 2.88. The molecule has 108 valence electrons. The van der Waals surface area contributed by atoms with Gasteiger partial charge in [0.2, 0.25) is 0 Å². The fourth-order valence-electron chi connectivity index (χ4n) is 2.88. The van der Waals surface area contributed by atoms with Gasteiger partial charge in [-0.15, -0.1) is 0 Å². The molecule has 0 radical (unpaired) electrons. The molecule has 1 aliphatic heterocycles. The van der Waals surface area contributed by atoms with Gasteiger partial charge in [-0.1, -0.05) is 24.3 Å². The predicted molar refractivity (Wildman–Crippen MR) is 85.6 cm³/mol. The molecule has 0 spiro atoms. The van der Waals surface area contributed by atoms with E-state index in [0.29, 0.717) is 0 Å². The van der Waals surface area contributed by atoms with Crippen molar-refractivity contribution in [2.45, 2.75) is 26.9 Å². The maximum absolute atomic E-state index is 12.3. The predicted octanol–water partition coefficient (Wildman–Crippen LogP) is 3.81. The Kier molecular flexibility index (Phi) is 3.20. The van der Waals surface area contributed by atoms with Crippen molar-refractivity contribution in [3.05, 3.63) is 64.2 Å². The van der Waals surface area contributed by atoms with E-state index in [0.717, 1.165) is 16.8 Å². The Morgan fingerprint density at radius 2 is 1.71 bits per heavy atom. The number of carbonyl (C=O) groups is 1. The largest absolute Gasteiger partial charge is 0.361 e. The van der Waals surface area contributed by atoms with Gasteiger partial charge in [0.15, 0.2) is 0 Å². The number of amides is 1. The highest BCUT2D eigenvalue weighted by molar-refractivity contribution is 5.99. The van der Waals surface area contributed by atoms with Crippen LogP contribution in [0.2, 0.25) is 0 Å². The van der Waals surface area contributed by atoms with Gasteiger partial charge in [-0.2, -0.15) is 0 Å². The highest BCUT2D eigenvalue weighted by Gasteiger charge is 2.33. The number of aryl methyl sites for hydroxylation is 1. The van der Waals surface area contributed by atoms with Crippen molar-refractivity contribution in [1.29, 1.82) is 0 Å². The molecular weight excluding hydrogens is 260 g/mol. The van der Waals surface area contributed by atoms with Crippen molar-refractivity contribution in [2.75, 3.05) is 12.4 Å². The Bertz CT molecular complexity index is 721. The van der Waals surface area contributed by atoms with Crippen molar-refractivity contribution in [2.24, 2.45) is 0 Å². The lowest BCUT2D eigenvalue weighted by Crippen LogP contribution is -2.28. The molecule has 0 saturated carbocycles. The zero-order valence-electron chi connectivity index (χ0n) is 12.9. The second-order valence-corrected chi connectivity index (χ2v) is 5.73. The third kappa shape index (κ3) is 2.09. The Morgan fingerprint density at radius 3 is 2.48 bits per heavy atom. The van der Waals surface area contributed by atoms with Gasteiger partial charge in [-0.3, -0.25) is 4.79 Å². The molecule has 1 N–H and O–H groups in total. The summed E-state index contributed by atoms with van der Waals surface area (Å²) in [7, 11) is 1.84. The average molecular weight is 280 g/mol. The first-order chi connectivity index (χ1) is 10.0. The number of nitrogens with zero attached hydrogens (tertiary/aromatic N) is 1. The molecule has 3 nitrogen and oxygen atoms in total. The summed E-state index contributed by atoms with van der Waals surface area (Å²) in [6.07, 6.45) is -0.102. The van der Waals surface area contributed by atoms with Crippen molar-refractivity contribution >= 4 is 11.6 Å². The summed E-state index contributed by atoms with van der Waals surface area (Å²) in [6.45, 7) is 6.37. The Balaban J connectivity index is 2.00. The van der Waals surface area contributed by atoms with E-state index in [1.165, 1.54) is 16.7 Å². The maximum atomic E-state index is 12.3. The number of carbonyl (C=O) groups excluding carboxylic acids is 1. The van der Waals surface area contributed by atoms with E-state index in [9.17, 15) is 4.79 Å². The van der Waals surface area contributed by atoms with Gasteiger partial charge >= 0.3 is 0 Å². The number of anilines is 1. The lowest BCUT2D eigenvalue weighted by atomic mass is 10.0. The van der Waals surface area contributed by atoms with Gasteiger partial charge in [-0.25, -0.2) is 0 Å². The van der Waals surface area contributed by atoms with Crippen LogP contribution in [0.1, 0.15) is 38.8 Å². The lowest BCUT2D eigenvalue weighted by Gasteiger charge is -2.25. The number of rotatable bonds is 2. The van der Waals surface area contributed by atoms with Crippen molar-refractivity contribution in [1.82, 2.24) is 4.90 Å². The maximum Gasteiger partial charge on any atom is 0.255 e. The van der Waals surface area contributed by atoms with E-state index >= 15 is 0 Å². The minimum atomic E-state index is -0.102. The summed E-state index contributed by atoms with van der Waals surface area (Å²) >= 11 is 0. The van der Waals surface area contributed by atoms with Crippen LogP contribution in [0.25, 0.3) is 0 Å². The van der Waals surface area contributed by atoms with Gasteiger partial charge < -0.3 is 10.2 Å². The van der Waals surface area contributed by atoms with Crippen LogP contribution in [-0.4, -0.2) is 17.9 Å². The van der Waals surface area contributed by atoms with Gasteiger partial charge in [-0.05, 0) is 49.6 Å². The molecule has 0 aromatic heterocycles. The molecule has 1 unspecified atom stereocenters. The summed E-state index contributed by atoms with van der Waals surface area (Å²) in [5.74, 6) is 0.0737. The molecule has 1 amide bonds. The van der Waals surface area contributed by atoms with Crippen molar-refractivity contribution in [3.8, 4) is 0 Å². The van der Waals surface area contributed by atoms with Crippen LogP contribution >= 0.6 is 0 Å². The van der Waals surface area contributed by atoms with Crippen LogP contribution < -0.4 is 5.32 Å². The van der Waals surface area contributed by atoms with E-state index in [1.54, 1.807) is 4.90 Å². The van der Waals surface area contributed by atoms with E-state index in [1.807, 2.05) is 31.3 Å². The van der Waals surface area contributed by atoms with E-state index in [4.69, 9.17) is 0 Å². The molecule has 1 heterocycles. The standard InChI is InChI=1S/C18H20N2O/c1-11-9-10-16(13(3)12(11)2)19-17-14-7-5-6-8-15(14)18(21)20(17)4/h5-10,17,19H,1-4H3. The highest BCUT2D eigenvalue weighted by atomic mass is 16.2. The molecule has 3 heteroatoms. The molecule has 0 saturated heterocycles. The monoisotopic (exact) mass is 280 g/mol. The molecule has 3 rings (SSSR count). The summed E-state index contributed by atoms with van der Waals surface area (Å²) in [5, 5.41) is 3.52. The van der Waals surface area contributed by atoms with Gasteiger partial charge in [0.05, 0.1) is 0 Å². The Hall–Kier alpha value is -2.29. The molecule has 0 fully saturated rings. The van der Waals surface area contributed by atoms with E-state index in [2.05, 4.69) is 38.2 Å². The van der Waals surface area contributed by atoms with Gasteiger partial charge in [0.1, 0.15) is 6.17 Å². The van der Waals surface area contributed by atoms with Gasteiger partial charge in [0, 0.05) is 23.9 Å². The number of hydrogen-bond acceptors (Lipinski definition) is 2. The molecule has 1 aliphatic rings. The number of fused-ring (bicyclic) bond motifs is 1. The topological polar surface area (TPSA) is 32.3 Å². The first-order valence-corrected chi connectivity index (χ1v) is 7.20. The zero-order valence-corrected chi connectivity index (χ0v) is 12.9. The van der Waals surface area contributed by atoms with E-state index in [-0.39, 0.29) is 12.1 Å². The minimum absolute atomic E-state index is 0.0737. The molecule has 0 aliphatic carbocycles. The SMILES string of the molecule is Cc1ccc(NC2c3ccccc3C(=O)N2C)c(C)c1C. The van der Waals surface area contributed by atoms with Gasteiger partial charge in [0.25, 0.3) is 5.91 Å². The fraction of sp³-hybridized carbons (Fsp3) is 0.278. The van der Waals surface area contributed by atoms with Crippen LogP contribution in [0.3, 0.4) is 0 Å². The Morgan fingerprint density at radius 1 is 1.00 bits per heavy atom. The second kappa shape index (κ2) is 4.92. The van der Waals surface area contributed by atoms with Crippen LogP contribution in [-0.2, 0) is 0 Å². The third-order valence-corrected chi connectivity index (χ3v) is 4.54. The molecular formula is C18H20N2O. The number of hydrogen-bond donors (Lipinski definition) is 1. The second-order valence-electron chi connectivity index (χ2n) is 5.73. The summed E-state index contributed by atoms with van der Waals surface area (Å²) in [5.41, 5.74) is 6.73. The molecule has 21 heavy (non-hydrogen) atoms. The van der Waals surface area contributed by atoms with Crippen LogP contribution in [0.5, 0.6) is 0 Å². The molecule has 0 bridgehead atoms. The summed E-state index contributed by atoms with van der Waals surface area (Å²) < 4.78 is 0. The minimum Gasteiger partial charge on any atom is -0.361 e. The lowest BCUT2D eigenvalue weighted by molar-refractivity contribution is 0.0788. The number of benzene rings is 2. The Labute approximate surface area is 125 Å². The first-order valence-electron chi connectivity index (χ1n) is 7.20. The van der Waals surface area contributed by atoms with Crippen molar-refractivity contribution in [3.63, 3.8) is 0 Å². The molecule has 2 aromatic rings.